The van der Waals surface area contributed by atoms with Crippen molar-refractivity contribution in [1.29, 1.82) is 0 Å². The topological polar surface area (TPSA) is 52.2 Å². The molecule has 1 fully saturated rings. The van der Waals surface area contributed by atoms with Crippen LogP contribution in [-0.4, -0.2) is 27.5 Å². The average Bonchev–Trinajstić information content (AvgIpc) is 1.97. The Labute approximate surface area is 95.5 Å². The molecule has 0 atom stereocenters. The van der Waals surface area contributed by atoms with Crippen LogP contribution < -0.4 is 5.32 Å². The molecule has 1 heterocycles. The van der Waals surface area contributed by atoms with Crippen LogP contribution in [0, 0.1) is 0 Å². The van der Waals surface area contributed by atoms with E-state index in [0.29, 0.717) is 12.8 Å². The number of hydrogen-bond donors (Lipinski definition) is 1. The van der Waals surface area contributed by atoms with E-state index in [1.54, 1.807) is 0 Å². The standard InChI is InChI=1S/C10H18ClN2O2/c1-9(2)5-7(12-8(11)14)6-10(3,4)13(9)15/h7H,5-6H2,1-4H3,(H,12,14). The summed E-state index contributed by atoms with van der Waals surface area (Å²) in [6.07, 6.45) is 1.25. The maximum Gasteiger partial charge on any atom is 0.314 e. The number of hydroxylamine groups is 2. The van der Waals surface area contributed by atoms with Crippen molar-refractivity contribution in [3.8, 4) is 0 Å². The molecule has 0 aromatic rings. The van der Waals surface area contributed by atoms with Gasteiger partial charge in [0.25, 0.3) is 0 Å². The van der Waals surface area contributed by atoms with Crippen LogP contribution in [0.1, 0.15) is 40.5 Å². The molecule has 15 heavy (non-hydrogen) atoms. The molecule has 0 aliphatic carbocycles. The zero-order valence-corrected chi connectivity index (χ0v) is 10.4. The SMILES string of the molecule is CC1(C)CC(NC(=O)Cl)CC(C)(C)N1[O]. The van der Waals surface area contributed by atoms with Gasteiger partial charge in [0.2, 0.25) is 0 Å². The summed E-state index contributed by atoms with van der Waals surface area (Å²) >= 11 is 5.29. The van der Waals surface area contributed by atoms with E-state index in [0.717, 1.165) is 5.06 Å². The summed E-state index contributed by atoms with van der Waals surface area (Å²) in [7, 11) is 0. The number of nitrogens with one attached hydrogen (secondary N) is 1. The molecule has 1 radical (unpaired) electrons. The summed E-state index contributed by atoms with van der Waals surface area (Å²) in [5, 5.41) is 15.2. The van der Waals surface area contributed by atoms with Gasteiger partial charge in [0, 0.05) is 17.1 Å². The Morgan fingerprint density at radius 2 is 1.67 bits per heavy atom. The molecule has 1 saturated heterocycles. The van der Waals surface area contributed by atoms with E-state index < -0.39 is 16.4 Å². The van der Waals surface area contributed by atoms with Gasteiger partial charge in [-0.2, -0.15) is 0 Å². The van der Waals surface area contributed by atoms with Gasteiger partial charge < -0.3 is 5.32 Å². The number of carbonyl (C=O) groups excluding carboxylic acids is 1. The van der Waals surface area contributed by atoms with Gasteiger partial charge in [-0.25, -0.2) is 0 Å². The minimum Gasteiger partial charge on any atom is -0.340 e. The molecule has 0 spiro atoms. The number of halogens is 1. The minimum absolute atomic E-state index is 0.0230. The number of hydrogen-bond acceptors (Lipinski definition) is 2. The van der Waals surface area contributed by atoms with Gasteiger partial charge in [-0.1, -0.05) is 0 Å². The van der Waals surface area contributed by atoms with E-state index in [4.69, 9.17) is 11.6 Å². The molecule has 0 bridgehead atoms. The minimum atomic E-state index is -0.550. The second-order valence-corrected chi connectivity index (χ2v) is 5.79. The highest BCUT2D eigenvalue weighted by atomic mass is 35.5. The molecule has 87 valence electrons. The second kappa shape index (κ2) is 3.92. The number of amides is 1. The molecule has 1 aliphatic heterocycles. The van der Waals surface area contributed by atoms with Crippen LogP contribution in [0.25, 0.3) is 0 Å². The molecular weight excluding hydrogens is 216 g/mol. The van der Waals surface area contributed by atoms with Gasteiger partial charge in [-0.3, -0.25) is 4.79 Å². The highest BCUT2D eigenvalue weighted by molar-refractivity contribution is 6.62. The van der Waals surface area contributed by atoms with Gasteiger partial charge in [0.05, 0.1) is 0 Å². The molecule has 1 rings (SSSR count). The summed E-state index contributed by atoms with van der Waals surface area (Å²) in [5.74, 6) is 0. The maximum absolute atomic E-state index is 12.0. The smallest absolute Gasteiger partial charge is 0.314 e. The van der Waals surface area contributed by atoms with Crippen molar-refractivity contribution in [2.24, 2.45) is 0 Å². The zero-order valence-electron chi connectivity index (χ0n) is 9.63. The fraction of sp³-hybridized carbons (Fsp3) is 0.900. The van der Waals surface area contributed by atoms with Crippen LogP contribution >= 0.6 is 11.6 Å². The van der Waals surface area contributed by atoms with E-state index in [1.165, 1.54) is 0 Å². The van der Waals surface area contributed by atoms with Crippen molar-refractivity contribution in [2.75, 3.05) is 0 Å². The second-order valence-electron chi connectivity index (χ2n) is 5.44. The number of piperidine rings is 1. The molecule has 0 unspecified atom stereocenters. The quantitative estimate of drug-likeness (QED) is 0.558. The van der Waals surface area contributed by atoms with Crippen LogP contribution in [0.2, 0.25) is 0 Å². The van der Waals surface area contributed by atoms with Crippen LogP contribution in [-0.2, 0) is 5.21 Å². The summed E-state index contributed by atoms with van der Waals surface area (Å²) in [6, 6.07) is -0.0230. The van der Waals surface area contributed by atoms with E-state index in [-0.39, 0.29) is 6.04 Å². The molecule has 1 amide bonds. The fourth-order valence-corrected chi connectivity index (χ4v) is 2.68. The van der Waals surface area contributed by atoms with Crippen molar-refractivity contribution in [2.45, 2.75) is 57.7 Å². The third-order valence-electron chi connectivity index (χ3n) is 2.91. The van der Waals surface area contributed by atoms with Gasteiger partial charge >= 0.3 is 5.37 Å². The molecule has 4 nitrogen and oxygen atoms in total. The molecule has 1 N–H and O–H groups in total. The monoisotopic (exact) mass is 233 g/mol. The Morgan fingerprint density at radius 1 is 1.27 bits per heavy atom. The Balaban J connectivity index is 2.79. The largest absolute Gasteiger partial charge is 0.340 e. The number of carbonyl (C=O) groups is 1. The lowest BCUT2D eigenvalue weighted by Gasteiger charge is -2.49. The van der Waals surface area contributed by atoms with Gasteiger partial charge in [0.15, 0.2) is 0 Å². The molecule has 5 heteroatoms. The predicted molar refractivity (Wildman–Crippen MR) is 58.1 cm³/mol. The molecular formula is C10H18ClN2O2. The fourth-order valence-electron chi connectivity index (χ4n) is 2.53. The average molecular weight is 234 g/mol. The van der Waals surface area contributed by atoms with Crippen molar-refractivity contribution in [3.63, 3.8) is 0 Å². The third-order valence-corrected chi connectivity index (χ3v) is 3.02. The van der Waals surface area contributed by atoms with Crippen LogP contribution in [0.4, 0.5) is 4.79 Å². The number of rotatable bonds is 1. The van der Waals surface area contributed by atoms with Crippen molar-refractivity contribution in [3.05, 3.63) is 0 Å². The third kappa shape index (κ3) is 2.83. The lowest BCUT2D eigenvalue weighted by atomic mass is 9.79. The van der Waals surface area contributed by atoms with E-state index >= 15 is 0 Å². The first-order valence-corrected chi connectivity index (χ1v) is 5.46. The first-order valence-electron chi connectivity index (χ1n) is 5.09. The predicted octanol–water partition coefficient (Wildman–Crippen LogP) is 2.30. The normalized spacial score (nSPS) is 26.3. The van der Waals surface area contributed by atoms with Gasteiger partial charge in [-0.05, 0) is 52.1 Å². The summed E-state index contributed by atoms with van der Waals surface area (Å²) < 4.78 is 0. The van der Waals surface area contributed by atoms with E-state index in [2.05, 4.69) is 5.32 Å². The summed E-state index contributed by atoms with van der Waals surface area (Å²) in [5.41, 5.74) is -0.933. The van der Waals surface area contributed by atoms with Crippen molar-refractivity contribution in [1.82, 2.24) is 10.4 Å². The molecule has 1 aliphatic rings. The van der Waals surface area contributed by atoms with E-state index in [1.807, 2.05) is 27.7 Å². The number of nitrogens with zero attached hydrogens (tertiary/aromatic N) is 1. The lowest BCUT2D eigenvalue weighted by Crippen LogP contribution is -2.62. The Hall–Kier alpha value is -0.320. The first-order chi connectivity index (χ1) is 6.65. The first kappa shape index (κ1) is 12.7. The van der Waals surface area contributed by atoms with Crippen LogP contribution in [0.5, 0.6) is 0 Å². The Morgan fingerprint density at radius 3 is 2.00 bits per heavy atom. The summed E-state index contributed by atoms with van der Waals surface area (Å²) in [6.45, 7) is 7.53. The molecule has 0 aromatic carbocycles. The maximum atomic E-state index is 12.0. The highest BCUT2D eigenvalue weighted by Gasteiger charge is 2.46. The van der Waals surface area contributed by atoms with Crippen LogP contribution in [0.3, 0.4) is 0 Å². The zero-order chi connectivity index (χ0) is 11.9. The molecule has 0 saturated carbocycles. The Bertz CT molecular complexity index is 248. The lowest BCUT2D eigenvalue weighted by molar-refractivity contribution is -0.289. The van der Waals surface area contributed by atoms with Crippen molar-refractivity contribution < 1.29 is 10.0 Å². The van der Waals surface area contributed by atoms with Crippen molar-refractivity contribution >= 4 is 17.0 Å². The van der Waals surface area contributed by atoms with Crippen LogP contribution in [0.15, 0.2) is 0 Å². The van der Waals surface area contributed by atoms with Gasteiger partial charge in [0.1, 0.15) is 0 Å². The Kier molecular flexibility index (Phi) is 3.33. The van der Waals surface area contributed by atoms with E-state index in [9.17, 15) is 10.0 Å². The summed E-state index contributed by atoms with van der Waals surface area (Å²) in [4.78, 5) is 10.8. The molecule has 0 aromatic heterocycles. The highest BCUT2D eigenvalue weighted by Crippen LogP contribution is 2.36. The van der Waals surface area contributed by atoms with Gasteiger partial charge in [-0.15, -0.1) is 10.3 Å².